The van der Waals surface area contributed by atoms with E-state index in [0.29, 0.717) is 11.3 Å². The van der Waals surface area contributed by atoms with Crippen LogP contribution in [0.15, 0.2) is 0 Å². The smallest absolute Gasteiger partial charge is 0.0573 e. The molecule has 0 aromatic rings. The highest BCUT2D eigenvalue weighted by Gasteiger charge is 2.36. The molecule has 0 radical (unpaired) electrons. The third-order valence-electron chi connectivity index (χ3n) is 3.91. The van der Waals surface area contributed by atoms with Gasteiger partial charge in [0.1, 0.15) is 0 Å². The molecule has 1 N–H and O–H groups in total. The Kier molecular flexibility index (Phi) is 4.43. The van der Waals surface area contributed by atoms with Crippen LogP contribution in [0.2, 0.25) is 0 Å². The molecule has 2 unspecified atom stereocenters. The summed E-state index contributed by atoms with van der Waals surface area (Å²) in [6, 6.07) is 0. The van der Waals surface area contributed by atoms with Crippen molar-refractivity contribution >= 4 is 0 Å². The van der Waals surface area contributed by atoms with Crippen LogP contribution in [-0.2, 0) is 0 Å². The molecule has 0 heterocycles. The first-order valence-electron chi connectivity index (χ1n) is 6.26. The lowest BCUT2D eigenvalue weighted by atomic mass is 9.66. The van der Waals surface area contributed by atoms with Crippen molar-refractivity contribution in [2.75, 3.05) is 0 Å². The summed E-state index contributed by atoms with van der Waals surface area (Å²) in [7, 11) is 0. The van der Waals surface area contributed by atoms with Gasteiger partial charge in [0.2, 0.25) is 0 Å². The fraction of sp³-hybridized carbons (Fsp3) is 1.00. The lowest BCUT2D eigenvalue weighted by Gasteiger charge is -2.41. The van der Waals surface area contributed by atoms with E-state index in [0.717, 1.165) is 6.42 Å². The summed E-state index contributed by atoms with van der Waals surface area (Å²) in [5, 5.41) is 10.1. The molecular formula is C13H26O. The van der Waals surface area contributed by atoms with Crippen molar-refractivity contribution in [3.8, 4) is 0 Å². The molecule has 0 aliphatic heterocycles. The minimum atomic E-state index is -0.0507. The molecule has 0 saturated heterocycles. The molecule has 1 heteroatoms. The van der Waals surface area contributed by atoms with Crippen molar-refractivity contribution in [3.63, 3.8) is 0 Å². The number of aliphatic hydroxyl groups excluding tert-OH is 1. The Morgan fingerprint density at radius 3 is 2.64 bits per heavy atom. The molecule has 0 spiro atoms. The van der Waals surface area contributed by atoms with Gasteiger partial charge in [-0.25, -0.2) is 0 Å². The Morgan fingerprint density at radius 2 is 2.07 bits per heavy atom. The van der Waals surface area contributed by atoms with Crippen molar-refractivity contribution in [3.05, 3.63) is 0 Å². The predicted molar refractivity (Wildman–Crippen MR) is 61.3 cm³/mol. The van der Waals surface area contributed by atoms with Crippen LogP contribution >= 0.6 is 0 Å². The third-order valence-corrected chi connectivity index (χ3v) is 3.91. The van der Waals surface area contributed by atoms with E-state index in [1.165, 1.54) is 38.5 Å². The molecule has 1 aliphatic carbocycles. The Morgan fingerprint density at radius 1 is 1.36 bits per heavy atom. The number of hydrogen-bond donors (Lipinski definition) is 1. The zero-order valence-corrected chi connectivity index (χ0v) is 10.1. The highest BCUT2D eigenvalue weighted by atomic mass is 16.3. The van der Waals surface area contributed by atoms with Gasteiger partial charge in [0.15, 0.2) is 0 Å². The first-order chi connectivity index (χ1) is 6.58. The molecule has 0 aromatic heterocycles. The lowest BCUT2D eigenvalue weighted by Crippen LogP contribution is -2.36. The molecule has 0 aromatic carbocycles. The van der Waals surface area contributed by atoms with E-state index in [9.17, 15) is 5.11 Å². The van der Waals surface area contributed by atoms with Gasteiger partial charge < -0.3 is 5.11 Å². The molecule has 2 atom stereocenters. The van der Waals surface area contributed by atoms with Crippen molar-refractivity contribution in [1.82, 2.24) is 0 Å². The molecule has 0 amide bonds. The monoisotopic (exact) mass is 198 g/mol. The summed E-state index contributed by atoms with van der Waals surface area (Å²) in [5.74, 6) is 0.544. The summed E-state index contributed by atoms with van der Waals surface area (Å²) in [4.78, 5) is 0. The van der Waals surface area contributed by atoms with Crippen LogP contribution in [-0.4, -0.2) is 11.2 Å². The first kappa shape index (κ1) is 12.0. The molecule has 1 nitrogen and oxygen atoms in total. The van der Waals surface area contributed by atoms with Crippen molar-refractivity contribution < 1.29 is 5.11 Å². The van der Waals surface area contributed by atoms with Gasteiger partial charge in [-0.15, -0.1) is 0 Å². The van der Waals surface area contributed by atoms with E-state index in [-0.39, 0.29) is 6.10 Å². The summed E-state index contributed by atoms with van der Waals surface area (Å²) >= 11 is 0. The molecular weight excluding hydrogens is 172 g/mol. The summed E-state index contributed by atoms with van der Waals surface area (Å²) < 4.78 is 0. The highest BCUT2D eigenvalue weighted by Crippen LogP contribution is 2.43. The van der Waals surface area contributed by atoms with E-state index in [1.807, 2.05) is 0 Å². The molecule has 1 saturated carbocycles. The Labute approximate surface area is 88.9 Å². The fourth-order valence-electron chi connectivity index (χ4n) is 2.85. The zero-order chi connectivity index (χ0) is 10.6. The van der Waals surface area contributed by atoms with Gasteiger partial charge in [-0.05, 0) is 30.6 Å². The lowest BCUT2D eigenvalue weighted by molar-refractivity contribution is -0.000261. The minimum absolute atomic E-state index is 0.0507. The van der Waals surface area contributed by atoms with E-state index < -0.39 is 0 Å². The predicted octanol–water partition coefficient (Wildman–Crippen LogP) is 3.75. The average molecular weight is 198 g/mol. The van der Waals surface area contributed by atoms with Gasteiger partial charge in [0, 0.05) is 0 Å². The van der Waals surface area contributed by atoms with Crippen molar-refractivity contribution in [2.24, 2.45) is 11.3 Å². The Bertz CT molecular complexity index is 163. The fourth-order valence-corrected chi connectivity index (χ4v) is 2.85. The highest BCUT2D eigenvalue weighted by molar-refractivity contribution is 4.86. The van der Waals surface area contributed by atoms with Crippen LogP contribution < -0.4 is 0 Å². The zero-order valence-electron chi connectivity index (χ0n) is 10.1. The molecule has 1 fully saturated rings. The van der Waals surface area contributed by atoms with Crippen LogP contribution in [0, 0.1) is 11.3 Å². The van der Waals surface area contributed by atoms with E-state index in [4.69, 9.17) is 0 Å². The second-order valence-corrected chi connectivity index (χ2v) is 5.55. The second kappa shape index (κ2) is 5.16. The van der Waals surface area contributed by atoms with Gasteiger partial charge in [-0.2, -0.15) is 0 Å². The van der Waals surface area contributed by atoms with Gasteiger partial charge in [-0.3, -0.25) is 0 Å². The first-order valence-corrected chi connectivity index (χ1v) is 6.26. The SMILES string of the molecule is CCCCC(O)C1CCCCC1(C)C. The van der Waals surface area contributed by atoms with Crippen LogP contribution in [0.3, 0.4) is 0 Å². The van der Waals surface area contributed by atoms with Crippen LogP contribution in [0.5, 0.6) is 0 Å². The third kappa shape index (κ3) is 2.98. The molecule has 0 bridgehead atoms. The Hall–Kier alpha value is -0.0400. The molecule has 1 aliphatic rings. The van der Waals surface area contributed by atoms with Crippen molar-refractivity contribution in [1.29, 1.82) is 0 Å². The maximum Gasteiger partial charge on any atom is 0.0573 e. The van der Waals surface area contributed by atoms with Gasteiger partial charge in [0.25, 0.3) is 0 Å². The number of hydrogen-bond acceptors (Lipinski definition) is 1. The standard InChI is InChI=1S/C13H26O/c1-4-5-9-12(14)11-8-6-7-10-13(11,2)3/h11-12,14H,4-10H2,1-3H3. The summed E-state index contributed by atoms with van der Waals surface area (Å²) in [6.07, 6.45) is 8.52. The second-order valence-electron chi connectivity index (χ2n) is 5.55. The number of aliphatic hydroxyl groups is 1. The summed E-state index contributed by atoms with van der Waals surface area (Å²) in [6.45, 7) is 6.84. The maximum absolute atomic E-state index is 10.1. The number of rotatable bonds is 4. The molecule has 84 valence electrons. The van der Waals surface area contributed by atoms with E-state index >= 15 is 0 Å². The quantitative estimate of drug-likeness (QED) is 0.729. The van der Waals surface area contributed by atoms with Crippen LogP contribution in [0.1, 0.15) is 65.7 Å². The average Bonchev–Trinajstić information content (AvgIpc) is 2.13. The normalized spacial score (nSPS) is 28.7. The molecule has 14 heavy (non-hydrogen) atoms. The topological polar surface area (TPSA) is 20.2 Å². The van der Waals surface area contributed by atoms with Crippen LogP contribution in [0.4, 0.5) is 0 Å². The summed E-state index contributed by atoms with van der Waals surface area (Å²) in [5.41, 5.74) is 0.366. The van der Waals surface area contributed by atoms with Crippen LogP contribution in [0.25, 0.3) is 0 Å². The van der Waals surface area contributed by atoms with E-state index in [2.05, 4.69) is 20.8 Å². The van der Waals surface area contributed by atoms with Gasteiger partial charge in [0.05, 0.1) is 6.10 Å². The van der Waals surface area contributed by atoms with Gasteiger partial charge >= 0.3 is 0 Å². The Balaban J connectivity index is 2.46. The van der Waals surface area contributed by atoms with E-state index in [1.54, 1.807) is 0 Å². The minimum Gasteiger partial charge on any atom is -0.393 e. The van der Waals surface area contributed by atoms with Gasteiger partial charge in [-0.1, -0.05) is 46.5 Å². The largest absolute Gasteiger partial charge is 0.393 e. The maximum atomic E-state index is 10.1. The van der Waals surface area contributed by atoms with Crippen molar-refractivity contribution in [2.45, 2.75) is 71.8 Å². The molecule has 1 rings (SSSR count). The number of unbranched alkanes of at least 4 members (excludes halogenated alkanes) is 1.